The molecule has 0 amide bonds. The van der Waals surface area contributed by atoms with Crippen LogP contribution in [0, 0.1) is 11.6 Å². The third kappa shape index (κ3) is 3.68. The highest BCUT2D eigenvalue weighted by atomic mass is 19.1. The maximum atomic E-state index is 13.7. The van der Waals surface area contributed by atoms with Crippen LogP contribution in [0.25, 0.3) is 0 Å². The third-order valence-electron chi connectivity index (χ3n) is 3.00. The zero-order chi connectivity index (χ0) is 15.4. The second-order valence-electron chi connectivity index (χ2n) is 4.96. The van der Waals surface area contributed by atoms with Gasteiger partial charge >= 0.3 is 0 Å². The number of hydrogen-bond acceptors (Lipinski definition) is 3. The number of nitrogens with zero attached hydrogens (tertiary/aromatic N) is 1. The molecule has 1 aromatic carbocycles. The van der Waals surface area contributed by atoms with Gasteiger partial charge < -0.3 is 10.1 Å². The van der Waals surface area contributed by atoms with Crippen molar-refractivity contribution in [2.24, 2.45) is 0 Å². The van der Waals surface area contributed by atoms with Crippen molar-refractivity contribution in [3.05, 3.63) is 47.5 Å². The van der Waals surface area contributed by atoms with E-state index < -0.39 is 11.6 Å². The summed E-state index contributed by atoms with van der Waals surface area (Å²) < 4.78 is 32.6. The van der Waals surface area contributed by atoms with Crippen molar-refractivity contribution < 1.29 is 13.5 Å². The number of rotatable bonds is 5. The minimum absolute atomic E-state index is 0.0206. The molecule has 21 heavy (non-hydrogen) atoms. The van der Waals surface area contributed by atoms with Gasteiger partial charge in [-0.3, -0.25) is 0 Å². The summed E-state index contributed by atoms with van der Waals surface area (Å²) in [5.74, 6) is -0.976. The van der Waals surface area contributed by atoms with Crippen molar-refractivity contribution in [2.45, 2.75) is 26.7 Å². The number of aromatic nitrogens is 1. The van der Waals surface area contributed by atoms with Crippen LogP contribution in [0.15, 0.2) is 30.3 Å². The largest absolute Gasteiger partial charge is 0.436 e. The Morgan fingerprint density at radius 3 is 2.38 bits per heavy atom. The lowest BCUT2D eigenvalue weighted by Gasteiger charge is -2.10. The minimum atomic E-state index is -0.831. The molecule has 1 aromatic heterocycles. The van der Waals surface area contributed by atoms with E-state index in [-0.39, 0.29) is 11.7 Å². The third-order valence-corrected chi connectivity index (χ3v) is 3.00. The maximum absolute atomic E-state index is 13.7. The number of hydrogen-bond donors (Lipinski definition) is 1. The Morgan fingerprint density at radius 1 is 1.14 bits per heavy atom. The van der Waals surface area contributed by atoms with Gasteiger partial charge in [0, 0.05) is 12.6 Å². The van der Waals surface area contributed by atoms with Gasteiger partial charge in [0.25, 0.3) is 5.88 Å². The number of nitrogens with one attached hydrogen (secondary N) is 1. The zero-order valence-corrected chi connectivity index (χ0v) is 12.3. The first-order valence-corrected chi connectivity index (χ1v) is 6.89. The predicted molar refractivity (Wildman–Crippen MR) is 78.9 cm³/mol. The quantitative estimate of drug-likeness (QED) is 0.866. The molecule has 3 nitrogen and oxygen atoms in total. The highest BCUT2D eigenvalue weighted by molar-refractivity contribution is 5.41. The molecule has 1 N–H and O–H groups in total. The van der Waals surface area contributed by atoms with Crippen molar-refractivity contribution >= 4 is 5.82 Å². The summed E-state index contributed by atoms with van der Waals surface area (Å²) in [6, 6.07) is 8.07. The van der Waals surface area contributed by atoms with Crippen LogP contribution in [0.5, 0.6) is 11.6 Å². The fourth-order valence-corrected chi connectivity index (χ4v) is 1.85. The van der Waals surface area contributed by atoms with Crippen molar-refractivity contribution in [3.8, 4) is 11.6 Å². The lowest BCUT2D eigenvalue weighted by atomic mass is 10.0. The van der Waals surface area contributed by atoms with E-state index in [2.05, 4.69) is 24.1 Å². The fraction of sp³-hybridized carbons (Fsp3) is 0.312. The molecule has 0 radical (unpaired) electrons. The molecule has 2 rings (SSSR count). The van der Waals surface area contributed by atoms with Crippen LogP contribution in [0.1, 0.15) is 32.3 Å². The van der Waals surface area contributed by atoms with E-state index >= 15 is 0 Å². The average molecular weight is 292 g/mol. The van der Waals surface area contributed by atoms with Gasteiger partial charge in [0.2, 0.25) is 0 Å². The van der Waals surface area contributed by atoms with Gasteiger partial charge in [0.15, 0.2) is 17.5 Å². The van der Waals surface area contributed by atoms with Crippen molar-refractivity contribution in [2.75, 3.05) is 11.9 Å². The molecule has 0 aliphatic carbocycles. The molecule has 2 aromatic rings. The van der Waals surface area contributed by atoms with Gasteiger partial charge in [-0.25, -0.2) is 8.78 Å². The Balaban J connectivity index is 2.24. The normalized spacial score (nSPS) is 10.8. The van der Waals surface area contributed by atoms with Gasteiger partial charge in [-0.1, -0.05) is 26.0 Å². The van der Waals surface area contributed by atoms with Gasteiger partial charge in [0.1, 0.15) is 5.75 Å². The molecule has 0 bridgehead atoms. The van der Waals surface area contributed by atoms with Gasteiger partial charge in [0.05, 0.1) is 0 Å². The number of benzene rings is 1. The van der Waals surface area contributed by atoms with Crippen LogP contribution in [-0.4, -0.2) is 11.5 Å². The molecular weight excluding hydrogens is 274 g/mol. The van der Waals surface area contributed by atoms with E-state index in [0.717, 1.165) is 11.6 Å². The second-order valence-corrected chi connectivity index (χ2v) is 4.96. The molecule has 112 valence electrons. The minimum Gasteiger partial charge on any atom is -0.436 e. The van der Waals surface area contributed by atoms with E-state index in [1.165, 1.54) is 0 Å². The maximum Gasteiger partial charge on any atom is 0.258 e. The van der Waals surface area contributed by atoms with Crippen molar-refractivity contribution in [1.29, 1.82) is 0 Å². The standard InChI is InChI=1S/C16H18F2N2O/c1-4-19-15-13(17)9-14(18)16(20-15)21-12-7-5-11(6-8-12)10(2)3/h5-10H,4H2,1-3H3,(H,19,20). The van der Waals surface area contributed by atoms with Crippen LogP contribution in [0.4, 0.5) is 14.6 Å². The first-order valence-electron chi connectivity index (χ1n) is 6.89. The summed E-state index contributed by atoms with van der Waals surface area (Å²) in [5.41, 5.74) is 1.16. The number of ether oxygens (including phenoxy) is 1. The SMILES string of the molecule is CCNc1nc(Oc2ccc(C(C)C)cc2)c(F)cc1F. The van der Waals surface area contributed by atoms with E-state index in [1.807, 2.05) is 12.1 Å². The molecule has 0 unspecified atom stereocenters. The summed E-state index contributed by atoms with van der Waals surface area (Å²) in [6.45, 7) is 6.45. The topological polar surface area (TPSA) is 34.2 Å². The Hall–Kier alpha value is -2.17. The van der Waals surface area contributed by atoms with Gasteiger partial charge in [-0.15, -0.1) is 0 Å². The van der Waals surface area contributed by atoms with Gasteiger partial charge in [-0.05, 0) is 30.5 Å². The molecule has 5 heteroatoms. The Labute approximate surface area is 123 Å². The zero-order valence-electron chi connectivity index (χ0n) is 12.3. The summed E-state index contributed by atoms with van der Waals surface area (Å²) in [7, 11) is 0. The molecule has 0 saturated carbocycles. The Kier molecular flexibility index (Phi) is 4.73. The summed E-state index contributed by atoms with van der Waals surface area (Å²) in [5, 5.41) is 2.72. The lowest BCUT2D eigenvalue weighted by molar-refractivity contribution is 0.418. The predicted octanol–water partition coefficient (Wildman–Crippen LogP) is 4.71. The molecule has 0 atom stereocenters. The lowest BCUT2D eigenvalue weighted by Crippen LogP contribution is -2.04. The highest BCUT2D eigenvalue weighted by Crippen LogP contribution is 2.27. The summed E-state index contributed by atoms with van der Waals surface area (Å²) in [4.78, 5) is 3.83. The van der Waals surface area contributed by atoms with Crippen LogP contribution in [0.2, 0.25) is 0 Å². The van der Waals surface area contributed by atoms with Crippen LogP contribution >= 0.6 is 0 Å². The number of halogens is 2. The second kappa shape index (κ2) is 6.52. The summed E-state index contributed by atoms with van der Waals surface area (Å²) >= 11 is 0. The summed E-state index contributed by atoms with van der Waals surface area (Å²) in [6.07, 6.45) is 0. The van der Waals surface area contributed by atoms with E-state index in [1.54, 1.807) is 19.1 Å². The van der Waals surface area contributed by atoms with Crippen LogP contribution in [-0.2, 0) is 0 Å². The molecule has 0 aliphatic heterocycles. The molecular formula is C16H18F2N2O. The molecule has 1 heterocycles. The Bertz CT molecular complexity index is 612. The fourth-order valence-electron chi connectivity index (χ4n) is 1.85. The smallest absolute Gasteiger partial charge is 0.258 e. The van der Waals surface area contributed by atoms with E-state index in [9.17, 15) is 8.78 Å². The molecule has 0 saturated heterocycles. The molecule has 0 spiro atoms. The molecule has 0 fully saturated rings. The van der Waals surface area contributed by atoms with E-state index in [4.69, 9.17) is 4.74 Å². The van der Waals surface area contributed by atoms with Crippen LogP contribution in [0.3, 0.4) is 0 Å². The van der Waals surface area contributed by atoms with Gasteiger partial charge in [-0.2, -0.15) is 4.98 Å². The first kappa shape index (κ1) is 15.2. The van der Waals surface area contributed by atoms with E-state index in [0.29, 0.717) is 18.2 Å². The van der Waals surface area contributed by atoms with Crippen LogP contribution < -0.4 is 10.1 Å². The number of pyridine rings is 1. The highest BCUT2D eigenvalue weighted by Gasteiger charge is 2.13. The van der Waals surface area contributed by atoms with Crippen molar-refractivity contribution in [3.63, 3.8) is 0 Å². The Morgan fingerprint density at radius 2 is 1.81 bits per heavy atom. The molecule has 0 aliphatic rings. The monoisotopic (exact) mass is 292 g/mol. The average Bonchev–Trinajstić information content (AvgIpc) is 2.45. The number of anilines is 1. The van der Waals surface area contributed by atoms with Crippen molar-refractivity contribution in [1.82, 2.24) is 4.98 Å². The first-order chi connectivity index (χ1) is 10.0.